The first-order valence-corrected chi connectivity index (χ1v) is 5.73. The molecule has 0 saturated carbocycles. The van der Waals surface area contributed by atoms with Gasteiger partial charge in [0.2, 0.25) is 0 Å². The summed E-state index contributed by atoms with van der Waals surface area (Å²) in [5.74, 6) is 0. The van der Waals surface area contributed by atoms with E-state index < -0.39 is 0 Å². The van der Waals surface area contributed by atoms with Crippen LogP contribution in [0.15, 0.2) is 0 Å². The Morgan fingerprint density at radius 1 is 1.56 bits per heavy atom. The first-order chi connectivity index (χ1) is 7.50. The van der Waals surface area contributed by atoms with Crippen LogP contribution < -0.4 is 5.73 Å². The van der Waals surface area contributed by atoms with E-state index in [0.717, 1.165) is 13.1 Å². The second-order valence-electron chi connectivity index (χ2n) is 4.95. The molecule has 0 aromatic rings. The van der Waals surface area contributed by atoms with E-state index in [0.29, 0.717) is 13.2 Å². The lowest BCUT2D eigenvalue weighted by atomic mass is 10.0. The molecular weight excluding hydrogens is 208 g/mol. The molecule has 5 nitrogen and oxygen atoms in total. The van der Waals surface area contributed by atoms with E-state index in [1.807, 2.05) is 0 Å². The fraction of sp³-hybridized carbons (Fsp3) is 1.00. The van der Waals surface area contributed by atoms with Crippen LogP contribution in [0.5, 0.6) is 0 Å². The minimum atomic E-state index is -0.168. The van der Waals surface area contributed by atoms with Crippen molar-refractivity contribution in [3.63, 3.8) is 0 Å². The average molecular weight is 232 g/mol. The molecule has 1 aliphatic heterocycles. The molecule has 0 bridgehead atoms. The van der Waals surface area contributed by atoms with Gasteiger partial charge >= 0.3 is 0 Å². The smallest absolute Gasteiger partial charge is 0.0753 e. The van der Waals surface area contributed by atoms with Crippen LogP contribution in [0.25, 0.3) is 0 Å². The standard InChI is InChI=1S/C11H24N2O3/c1-11(2)8-13(4-5-16-11)10(6-14)9(12)7-15-3/h9-10,14H,4-8,12H2,1-3H3. The number of nitrogens with zero attached hydrogens (tertiary/aromatic N) is 1. The maximum Gasteiger partial charge on any atom is 0.0753 e. The summed E-state index contributed by atoms with van der Waals surface area (Å²) in [6.07, 6.45) is 0. The van der Waals surface area contributed by atoms with Gasteiger partial charge in [0, 0.05) is 26.2 Å². The van der Waals surface area contributed by atoms with Gasteiger partial charge in [-0.1, -0.05) is 0 Å². The number of rotatable bonds is 5. The maximum absolute atomic E-state index is 9.43. The summed E-state index contributed by atoms with van der Waals surface area (Å²) in [7, 11) is 1.62. The van der Waals surface area contributed by atoms with Crippen LogP contribution in [0, 0.1) is 0 Å². The summed E-state index contributed by atoms with van der Waals surface area (Å²) in [5.41, 5.74) is 5.82. The van der Waals surface area contributed by atoms with Gasteiger partial charge in [-0.2, -0.15) is 0 Å². The lowest BCUT2D eigenvalue weighted by molar-refractivity contribution is -0.106. The highest BCUT2D eigenvalue weighted by Gasteiger charge is 2.33. The number of nitrogens with two attached hydrogens (primary N) is 1. The van der Waals surface area contributed by atoms with E-state index in [1.165, 1.54) is 0 Å². The zero-order chi connectivity index (χ0) is 12.2. The molecule has 0 amide bonds. The van der Waals surface area contributed by atoms with Crippen LogP contribution in [0.1, 0.15) is 13.8 Å². The molecule has 1 fully saturated rings. The molecule has 1 rings (SSSR count). The Balaban J connectivity index is 2.58. The predicted octanol–water partition coefficient (Wildman–Crippen LogP) is -0.568. The van der Waals surface area contributed by atoms with Gasteiger partial charge < -0.3 is 20.3 Å². The summed E-state index contributed by atoms with van der Waals surface area (Å²) in [6, 6.07) is -0.216. The number of hydrogen-bond acceptors (Lipinski definition) is 5. The molecule has 2 atom stereocenters. The molecule has 16 heavy (non-hydrogen) atoms. The molecule has 0 aromatic carbocycles. The molecule has 0 spiro atoms. The Hall–Kier alpha value is -0.200. The van der Waals surface area contributed by atoms with Gasteiger partial charge in [0.25, 0.3) is 0 Å². The average Bonchev–Trinajstić information content (AvgIpc) is 2.17. The normalized spacial score (nSPS) is 25.3. The van der Waals surface area contributed by atoms with Gasteiger partial charge in [-0.3, -0.25) is 4.90 Å². The molecule has 3 N–H and O–H groups in total. The topological polar surface area (TPSA) is 68.0 Å². The Labute approximate surface area is 97.5 Å². The van der Waals surface area contributed by atoms with Gasteiger partial charge in [0.1, 0.15) is 0 Å². The van der Waals surface area contributed by atoms with Crippen molar-refractivity contribution in [3.05, 3.63) is 0 Å². The summed E-state index contributed by atoms with van der Waals surface area (Å²) in [6.45, 7) is 6.90. The highest BCUT2D eigenvalue weighted by Crippen LogP contribution is 2.19. The van der Waals surface area contributed by atoms with Crippen molar-refractivity contribution in [2.24, 2.45) is 5.73 Å². The van der Waals surface area contributed by atoms with Crippen molar-refractivity contribution in [3.8, 4) is 0 Å². The quantitative estimate of drug-likeness (QED) is 0.664. The highest BCUT2D eigenvalue weighted by molar-refractivity contribution is 4.88. The Morgan fingerprint density at radius 3 is 2.75 bits per heavy atom. The first-order valence-electron chi connectivity index (χ1n) is 5.73. The predicted molar refractivity (Wildman–Crippen MR) is 62.3 cm³/mol. The zero-order valence-electron chi connectivity index (χ0n) is 10.5. The van der Waals surface area contributed by atoms with Gasteiger partial charge in [0.15, 0.2) is 0 Å². The lowest BCUT2D eigenvalue weighted by Crippen LogP contribution is -2.59. The van der Waals surface area contributed by atoms with Crippen molar-refractivity contribution < 1.29 is 14.6 Å². The Morgan fingerprint density at radius 2 is 2.25 bits per heavy atom. The van der Waals surface area contributed by atoms with E-state index in [1.54, 1.807) is 7.11 Å². The molecule has 1 saturated heterocycles. The van der Waals surface area contributed by atoms with E-state index in [-0.39, 0.29) is 24.3 Å². The third-order valence-corrected chi connectivity index (χ3v) is 2.96. The van der Waals surface area contributed by atoms with Crippen LogP contribution in [0.4, 0.5) is 0 Å². The second kappa shape index (κ2) is 5.93. The molecule has 5 heteroatoms. The number of hydrogen-bond donors (Lipinski definition) is 2. The minimum absolute atomic E-state index is 0.0527. The van der Waals surface area contributed by atoms with Gasteiger partial charge in [-0.25, -0.2) is 0 Å². The number of aliphatic hydroxyl groups is 1. The number of morpholine rings is 1. The second-order valence-corrected chi connectivity index (χ2v) is 4.95. The van der Waals surface area contributed by atoms with Gasteiger partial charge in [-0.15, -0.1) is 0 Å². The lowest BCUT2D eigenvalue weighted by Gasteiger charge is -2.43. The SMILES string of the molecule is COCC(N)C(CO)N1CCOC(C)(C)C1. The minimum Gasteiger partial charge on any atom is -0.395 e. The number of methoxy groups -OCH3 is 1. The van der Waals surface area contributed by atoms with Crippen LogP contribution in [-0.2, 0) is 9.47 Å². The summed E-state index contributed by atoms with van der Waals surface area (Å²) in [5, 5.41) is 9.43. The molecule has 1 aliphatic rings. The van der Waals surface area contributed by atoms with Crippen LogP contribution >= 0.6 is 0 Å². The van der Waals surface area contributed by atoms with Crippen molar-refractivity contribution >= 4 is 0 Å². The molecule has 0 radical (unpaired) electrons. The summed E-state index contributed by atoms with van der Waals surface area (Å²) >= 11 is 0. The van der Waals surface area contributed by atoms with Crippen LogP contribution in [0.2, 0.25) is 0 Å². The molecular formula is C11H24N2O3. The van der Waals surface area contributed by atoms with E-state index in [2.05, 4.69) is 18.7 Å². The van der Waals surface area contributed by atoms with E-state index >= 15 is 0 Å². The molecule has 96 valence electrons. The van der Waals surface area contributed by atoms with Crippen molar-refractivity contribution in [1.82, 2.24) is 4.90 Å². The van der Waals surface area contributed by atoms with Crippen LogP contribution in [-0.4, -0.2) is 67.7 Å². The van der Waals surface area contributed by atoms with E-state index in [4.69, 9.17) is 15.2 Å². The fourth-order valence-corrected chi connectivity index (χ4v) is 2.16. The number of aliphatic hydroxyl groups excluding tert-OH is 1. The summed E-state index contributed by atoms with van der Waals surface area (Å²) in [4.78, 5) is 2.19. The van der Waals surface area contributed by atoms with Crippen LogP contribution in [0.3, 0.4) is 0 Å². The van der Waals surface area contributed by atoms with Gasteiger partial charge in [0.05, 0.1) is 31.5 Å². The molecule has 1 heterocycles. The van der Waals surface area contributed by atoms with Crippen molar-refractivity contribution in [2.75, 3.05) is 40.0 Å². The third-order valence-electron chi connectivity index (χ3n) is 2.96. The monoisotopic (exact) mass is 232 g/mol. The maximum atomic E-state index is 9.43. The van der Waals surface area contributed by atoms with Crippen molar-refractivity contribution in [1.29, 1.82) is 0 Å². The molecule has 0 aliphatic carbocycles. The third kappa shape index (κ3) is 3.68. The van der Waals surface area contributed by atoms with Gasteiger partial charge in [-0.05, 0) is 13.8 Å². The first kappa shape index (κ1) is 13.9. The van der Waals surface area contributed by atoms with E-state index in [9.17, 15) is 5.11 Å². The largest absolute Gasteiger partial charge is 0.395 e. The van der Waals surface area contributed by atoms with Crippen molar-refractivity contribution in [2.45, 2.75) is 31.5 Å². The molecule has 0 aromatic heterocycles. The molecule has 2 unspecified atom stereocenters. The summed E-state index contributed by atoms with van der Waals surface area (Å²) < 4.78 is 10.7. The zero-order valence-corrected chi connectivity index (χ0v) is 10.5. The highest BCUT2D eigenvalue weighted by atomic mass is 16.5. The Kier molecular flexibility index (Phi) is 5.14. The fourth-order valence-electron chi connectivity index (χ4n) is 2.16. The Bertz CT molecular complexity index is 211. The number of ether oxygens (including phenoxy) is 2.